The van der Waals surface area contributed by atoms with Crippen LogP contribution in [0.25, 0.3) is 0 Å². The molecule has 0 saturated heterocycles. The maximum atomic E-state index is 13.3. The van der Waals surface area contributed by atoms with Crippen LogP contribution >= 0.6 is 11.5 Å². The number of anilines is 2. The molecule has 0 bridgehead atoms. The molecule has 10 nitrogen and oxygen atoms in total. The minimum absolute atomic E-state index is 0.0372. The van der Waals surface area contributed by atoms with Crippen molar-refractivity contribution in [3.05, 3.63) is 28.8 Å². The number of carbonyl (C=O) groups excluding carboxylic acids is 3. The number of hydrogen-bond donors (Lipinski definition) is 3. The fourth-order valence-corrected chi connectivity index (χ4v) is 4.33. The zero-order valence-corrected chi connectivity index (χ0v) is 16.9. The number of ether oxygens (including phenoxy) is 2. The molecule has 11 heteroatoms. The zero-order chi connectivity index (χ0) is 21.3. The number of nitrogens with one attached hydrogen (secondary N) is 1. The Labute approximate surface area is 176 Å². The molecule has 3 amide bonds. The van der Waals surface area contributed by atoms with E-state index in [9.17, 15) is 14.4 Å². The van der Waals surface area contributed by atoms with Crippen molar-refractivity contribution >= 4 is 40.6 Å². The summed E-state index contributed by atoms with van der Waals surface area (Å²) in [5.74, 6) is -0.646. The number of nitrogens with zero attached hydrogens (tertiary/aromatic N) is 2. The van der Waals surface area contributed by atoms with E-state index in [0.29, 0.717) is 17.2 Å². The highest BCUT2D eigenvalue weighted by molar-refractivity contribution is 7.09. The largest absolute Gasteiger partial charge is 0.454 e. The van der Waals surface area contributed by atoms with Crippen LogP contribution in [0, 0.1) is 0 Å². The normalized spacial score (nSPS) is 15.2. The van der Waals surface area contributed by atoms with Crippen molar-refractivity contribution in [3.8, 4) is 11.5 Å². The Morgan fingerprint density at radius 3 is 2.63 bits per heavy atom. The second kappa shape index (κ2) is 8.19. The maximum Gasteiger partial charge on any atom is 0.272 e. The Balaban J connectivity index is 1.63. The average Bonchev–Trinajstić information content (AvgIpc) is 3.45. The van der Waals surface area contributed by atoms with Gasteiger partial charge in [0.25, 0.3) is 11.8 Å². The molecule has 1 aromatic heterocycles. The smallest absolute Gasteiger partial charge is 0.272 e. The molecule has 4 rings (SSSR count). The molecule has 158 valence electrons. The van der Waals surface area contributed by atoms with E-state index in [0.717, 1.165) is 37.2 Å². The highest BCUT2D eigenvalue weighted by atomic mass is 32.1. The summed E-state index contributed by atoms with van der Waals surface area (Å²) < 4.78 is 14.6. The lowest BCUT2D eigenvalue weighted by molar-refractivity contribution is -0.120. The van der Waals surface area contributed by atoms with Crippen molar-refractivity contribution in [3.63, 3.8) is 0 Å². The van der Waals surface area contributed by atoms with Gasteiger partial charge in [0.2, 0.25) is 12.7 Å². The van der Waals surface area contributed by atoms with Crippen molar-refractivity contribution in [2.24, 2.45) is 5.73 Å². The molecule has 1 aliphatic carbocycles. The van der Waals surface area contributed by atoms with Crippen molar-refractivity contribution in [1.29, 1.82) is 0 Å². The third kappa shape index (κ3) is 3.88. The molecule has 1 fully saturated rings. The molecule has 30 heavy (non-hydrogen) atoms. The molecule has 1 saturated carbocycles. The number of primary amides is 1. The SMILES string of the molecule is NC(=O)c1nsc(C(=O)N(CC(=O)NC2CCCC2)c2ccc3c(c2)OCO3)c1N. The molecular weight excluding hydrogens is 410 g/mol. The predicted molar refractivity (Wildman–Crippen MR) is 110 cm³/mol. The van der Waals surface area contributed by atoms with Crippen LogP contribution in [-0.4, -0.2) is 41.5 Å². The molecule has 0 unspecified atom stereocenters. The summed E-state index contributed by atoms with van der Waals surface area (Å²) in [4.78, 5) is 38.7. The van der Waals surface area contributed by atoms with Gasteiger partial charge in [0.1, 0.15) is 11.4 Å². The fraction of sp³-hybridized carbons (Fsp3) is 0.368. The van der Waals surface area contributed by atoms with Gasteiger partial charge >= 0.3 is 0 Å². The van der Waals surface area contributed by atoms with Gasteiger partial charge in [-0.3, -0.25) is 19.3 Å². The number of hydrogen-bond acceptors (Lipinski definition) is 8. The van der Waals surface area contributed by atoms with Crippen LogP contribution in [0.15, 0.2) is 18.2 Å². The van der Waals surface area contributed by atoms with Crippen molar-refractivity contribution < 1.29 is 23.9 Å². The first-order valence-corrected chi connectivity index (χ1v) is 10.3. The van der Waals surface area contributed by atoms with Crippen LogP contribution in [0.1, 0.15) is 45.8 Å². The Bertz CT molecular complexity index is 1000. The molecule has 0 atom stereocenters. The van der Waals surface area contributed by atoms with Gasteiger partial charge in [-0.25, -0.2) is 0 Å². The van der Waals surface area contributed by atoms with Gasteiger partial charge in [-0.2, -0.15) is 4.37 Å². The molecule has 1 aliphatic heterocycles. The van der Waals surface area contributed by atoms with Gasteiger partial charge in [-0.05, 0) is 36.5 Å². The molecule has 0 spiro atoms. The third-order valence-corrected chi connectivity index (χ3v) is 5.94. The molecule has 0 radical (unpaired) electrons. The Morgan fingerprint density at radius 2 is 1.93 bits per heavy atom. The van der Waals surface area contributed by atoms with Crippen LogP contribution in [0.3, 0.4) is 0 Å². The molecule has 5 N–H and O–H groups in total. The van der Waals surface area contributed by atoms with Gasteiger partial charge in [0.15, 0.2) is 17.2 Å². The van der Waals surface area contributed by atoms with E-state index in [1.165, 1.54) is 4.90 Å². The summed E-state index contributed by atoms with van der Waals surface area (Å²) in [6, 6.07) is 5.05. The van der Waals surface area contributed by atoms with E-state index in [2.05, 4.69) is 9.69 Å². The number of nitrogens with two attached hydrogens (primary N) is 2. The monoisotopic (exact) mass is 431 g/mol. The highest BCUT2D eigenvalue weighted by Gasteiger charge is 2.29. The minimum Gasteiger partial charge on any atom is -0.454 e. The van der Waals surface area contributed by atoms with Crippen molar-refractivity contribution in [2.75, 3.05) is 24.0 Å². The second-order valence-corrected chi connectivity index (χ2v) is 7.89. The summed E-state index contributed by atoms with van der Waals surface area (Å²) in [6.07, 6.45) is 3.99. The number of rotatable bonds is 6. The number of fused-ring (bicyclic) bond motifs is 1. The number of benzene rings is 1. The van der Waals surface area contributed by atoms with Gasteiger partial charge in [0.05, 0.1) is 5.69 Å². The third-order valence-electron chi connectivity index (χ3n) is 5.09. The van der Waals surface area contributed by atoms with Crippen LogP contribution < -0.4 is 31.2 Å². The molecule has 1 aromatic carbocycles. The predicted octanol–water partition coefficient (Wildman–Crippen LogP) is 1.26. The number of carbonyl (C=O) groups is 3. The fourth-order valence-electron chi connectivity index (χ4n) is 3.57. The average molecular weight is 431 g/mol. The van der Waals surface area contributed by atoms with Crippen molar-refractivity contribution in [2.45, 2.75) is 31.7 Å². The topological polar surface area (TPSA) is 150 Å². The lowest BCUT2D eigenvalue weighted by Crippen LogP contribution is -2.43. The summed E-state index contributed by atoms with van der Waals surface area (Å²) in [5, 5.41) is 2.97. The summed E-state index contributed by atoms with van der Waals surface area (Å²) >= 11 is 0.766. The molecule has 2 aliphatic rings. The lowest BCUT2D eigenvalue weighted by atomic mass is 10.2. The Hall–Kier alpha value is -3.34. The second-order valence-electron chi connectivity index (χ2n) is 7.12. The minimum atomic E-state index is -0.823. The summed E-state index contributed by atoms with van der Waals surface area (Å²) in [6.45, 7) is -0.142. The van der Waals surface area contributed by atoms with Crippen LogP contribution in [0.4, 0.5) is 11.4 Å². The number of aromatic nitrogens is 1. The van der Waals surface area contributed by atoms with Crippen LogP contribution in [0.5, 0.6) is 11.5 Å². The summed E-state index contributed by atoms with van der Waals surface area (Å²) in [7, 11) is 0. The zero-order valence-electron chi connectivity index (χ0n) is 16.1. The Kier molecular flexibility index (Phi) is 5.44. The van der Waals surface area contributed by atoms with Crippen molar-refractivity contribution in [1.82, 2.24) is 9.69 Å². The van der Waals surface area contributed by atoms with Gasteiger partial charge in [-0.15, -0.1) is 0 Å². The lowest BCUT2D eigenvalue weighted by Gasteiger charge is -2.23. The van der Waals surface area contributed by atoms with E-state index in [1.54, 1.807) is 18.2 Å². The van der Waals surface area contributed by atoms with E-state index in [-0.39, 0.29) is 41.5 Å². The first-order valence-electron chi connectivity index (χ1n) is 9.50. The summed E-state index contributed by atoms with van der Waals surface area (Å²) in [5.41, 5.74) is 11.4. The van der Waals surface area contributed by atoms with Crippen LogP contribution in [-0.2, 0) is 4.79 Å². The molecule has 2 aromatic rings. The quantitative estimate of drug-likeness (QED) is 0.623. The van der Waals surface area contributed by atoms with Gasteiger partial charge in [0, 0.05) is 17.8 Å². The van der Waals surface area contributed by atoms with Crippen LogP contribution in [0.2, 0.25) is 0 Å². The molecular formula is C19H21N5O5S. The number of amides is 3. The molecule has 2 heterocycles. The standard InChI is InChI=1S/C19H21N5O5S/c20-15-16(18(21)26)23-30-17(15)19(27)24(8-14(25)22-10-3-1-2-4-10)11-5-6-12-13(7-11)29-9-28-12/h5-7,10H,1-4,8-9,20H2,(H2,21,26)(H,22,25). The van der Waals surface area contributed by atoms with E-state index in [1.807, 2.05) is 0 Å². The van der Waals surface area contributed by atoms with Gasteiger partial charge in [-0.1, -0.05) is 12.8 Å². The first kappa shape index (κ1) is 20.0. The van der Waals surface area contributed by atoms with E-state index in [4.69, 9.17) is 20.9 Å². The maximum absolute atomic E-state index is 13.3. The highest BCUT2D eigenvalue weighted by Crippen LogP contribution is 2.36. The van der Waals surface area contributed by atoms with Gasteiger partial charge < -0.3 is 26.3 Å². The number of nitrogen functional groups attached to an aromatic ring is 1. The first-order chi connectivity index (χ1) is 14.4. The Morgan fingerprint density at radius 1 is 1.20 bits per heavy atom. The van der Waals surface area contributed by atoms with E-state index >= 15 is 0 Å². The van der Waals surface area contributed by atoms with E-state index < -0.39 is 11.8 Å².